The van der Waals surface area contributed by atoms with E-state index >= 15 is 0 Å². The number of anilines is 3. The first-order chi connectivity index (χ1) is 12.0. The summed E-state index contributed by atoms with van der Waals surface area (Å²) in [4.78, 5) is 2.35. The van der Waals surface area contributed by atoms with Crippen LogP contribution in [0.4, 0.5) is 17.1 Å². The largest absolute Gasteiger partial charge is 0.494 e. The maximum absolute atomic E-state index is 5.44. The molecule has 0 aromatic heterocycles. The van der Waals surface area contributed by atoms with Crippen molar-refractivity contribution in [3.8, 4) is 5.75 Å². The first kappa shape index (κ1) is 19.1. The predicted molar refractivity (Wildman–Crippen MR) is 112 cm³/mol. The van der Waals surface area contributed by atoms with Gasteiger partial charge in [-0.2, -0.15) is 0 Å². The zero-order valence-corrected chi connectivity index (χ0v) is 16.2. The molecule has 0 heterocycles. The van der Waals surface area contributed by atoms with Gasteiger partial charge in [-0.25, -0.2) is 0 Å². The second kappa shape index (κ2) is 9.28. The van der Waals surface area contributed by atoms with Gasteiger partial charge in [0.25, 0.3) is 0 Å². The molecule has 0 fully saturated rings. The van der Waals surface area contributed by atoms with Crippen LogP contribution in [0.25, 0.3) is 0 Å². The van der Waals surface area contributed by atoms with E-state index in [0.29, 0.717) is 17.8 Å². The van der Waals surface area contributed by atoms with Crippen molar-refractivity contribution >= 4 is 34.4 Å². The van der Waals surface area contributed by atoms with Gasteiger partial charge in [0.2, 0.25) is 0 Å². The molecule has 0 amide bonds. The molecule has 0 bridgehead atoms. The molecule has 134 valence electrons. The van der Waals surface area contributed by atoms with Crippen LogP contribution < -0.4 is 20.3 Å². The Morgan fingerprint density at radius 3 is 1.92 bits per heavy atom. The molecular formula is C20H27N3OS. The molecule has 0 saturated carbocycles. The lowest BCUT2D eigenvalue weighted by Crippen LogP contribution is -2.30. The topological polar surface area (TPSA) is 36.5 Å². The fraction of sp³-hybridized carbons (Fsp3) is 0.350. The fourth-order valence-electron chi connectivity index (χ4n) is 2.68. The maximum Gasteiger partial charge on any atom is 0.175 e. The molecule has 0 spiro atoms. The Balaban J connectivity index is 1.94. The van der Waals surface area contributed by atoms with Crippen LogP contribution in [0.2, 0.25) is 0 Å². The number of rotatable bonds is 7. The average molecular weight is 358 g/mol. The summed E-state index contributed by atoms with van der Waals surface area (Å²) in [5, 5.41) is 6.96. The number of ether oxygens (including phenoxy) is 1. The molecule has 2 aromatic carbocycles. The highest BCUT2D eigenvalue weighted by Crippen LogP contribution is 2.20. The van der Waals surface area contributed by atoms with Crippen molar-refractivity contribution in [1.82, 2.24) is 0 Å². The number of benzene rings is 2. The smallest absolute Gasteiger partial charge is 0.175 e. The fourth-order valence-corrected chi connectivity index (χ4v) is 2.91. The van der Waals surface area contributed by atoms with E-state index in [0.717, 1.165) is 23.7 Å². The van der Waals surface area contributed by atoms with E-state index in [1.165, 1.54) is 5.69 Å². The number of hydrogen-bond donors (Lipinski definition) is 2. The molecule has 0 aliphatic carbocycles. The first-order valence-corrected chi connectivity index (χ1v) is 9.11. The van der Waals surface area contributed by atoms with Gasteiger partial charge in [0, 0.05) is 29.6 Å². The van der Waals surface area contributed by atoms with Crippen LogP contribution in [0.5, 0.6) is 5.75 Å². The van der Waals surface area contributed by atoms with Crippen LogP contribution in [0, 0.1) is 0 Å². The zero-order chi connectivity index (χ0) is 18.2. The minimum atomic E-state index is 0.478. The summed E-state index contributed by atoms with van der Waals surface area (Å²) in [5.74, 6) is 0.855. The van der Waals surface area contributed by atoms with Gasteiger partial charge in [-0.3, -0.25) is 0 Å². The summed E-state index contributed by atoms with van der Waals surface area (Å²) in [7, 11) is 0. The Bertz CT molecular complexity index is 668. The normalized spacial score (nSPS) is 10.4. The third-order valence-corrected chi connectivity index (χ3v) is 4.05. The van der Waals surface area contributed by atoms with Crippen LogP contribution >= 0.6 is 12.2 Å². The van der Waals surface area contributed by atoms with Crippen molar-refractivity contribution in [2.24, 2.45) is 0 Å². The van der Waals surface area contributed by atoms with Crippen LogP contribution in [0.3, 0.4) is 0 Å². The molecule has 0 aliphatic rings. The van der Waals surface area contributed by atoms with Gasteiger partial charge in [0.1, 0.15) is 5.75 Å². The summed E-state index contributed by atoms with van der Waals surface area (Å²) in [6, 6.07) is 16.6. The summed E-state index contributed by atoms with van der Waals surface area (Å²) in [5.41, 5.74) is 3.11. The van der Waals surface area contributed by atoms with Crippen molar-refractivity contribution in [1.29, 1.82) is 0 Å². The number of thiocarbonyl (C=S) groups is 1. The highest BCUT2D eigenvalue weighted by Gasteiger charge is 2.08. The van der Waals surface area contributed by atoms with Crippen molar-refractivity contribution in [2.75, 3.05) is 28.7 Å². The van der Waals surface area contributed by atoms with E-state index in [4.69, 9.17) is 17.0 Å². The molecule has 2 N–H and O–H groups in total. The Morgan fingerprint density at radius 2 is 1.48 bits per heavy atom. The minimum absolute atomic E-state index is 0.478. The van der Waals surface area contributed by atoms with E-state index in [9.17, 15) is 0 Å². The quantitative estimate of drug-likeness (QED) is 0.672. The number of nitrogens with zero attached hydrogens (tertiary/aromatic N) is 1. The van der Waals surface area contributed by atoms with Gasteiger partial charge in [-0.05, 0) is 88.4 Å². The number of nitrogens with one attached hydrogen (secondary N) is 2. The molecule has 0 atom stereocenters. The lowest BCUT2D eigenvalue weighted by molar-refractivity contribution is 0.340. The molecule has 0 radical (unpaired) electrons. The summed E-state index contributed by atoms with van der Waals surface area (Å²) in [6.45, 7) is 10.2. The summed E-state index contributed by atoms with van der Waals surface area (Å²) >= 11 is 5.39. The second-order valence-electron chi connectivity index (χ2n) is 5.96. The third kappa shape index (κ3) is 5.64. The molecule has 2 aromatic rings. The molecular weight excluding hydrogens is 330 g/mol. The van der Waals surface area contributed by atoms with Gasteiger partial charge in [-0.15, -0.1) is 0 Å². The van der Waals surface area contributed by atoms with Crippen LogP contribution in [0.15, 0.2) is 48.5 Å². The van der Waals surface area contributed by atoms with Crippen molar-refractivity contribution in [3.05, 3.63) is 48.5 Å². The SMILES string of the molecule is CCOc1ccc(NC(=S)Nc2ccc(N(CC)C(C)C)cc2)cc1. The van der Waals surface area contributed by atoms with Crippen LogP contribution in [-0.2, 0) is 0 Å². The highest BCUT2D eigenvalue weighted by atomic mass is 32.1. The van der Waals surface area contributed by atoms with Gasteiger partial charge in [0.15, 0.2) is 5.11 Å². The van der Waals surface area contributed by atoms with Gasteiger partial charge < -0.3 is 20.3 Å². The third-order valence-electron chi connectivity index (χ3n) is 3.84. The van der Waals surface area contributed by atoms with E-state index < -0.39 is 0 Å². The van der Waals surface area contributed by atoms with E-state index in [1.807, 2.05) is 43.3 Å². The Morgan fingerprint density at radius 1 is 0.960 bits per heavy atom. The van der Waals surface area contributed by atoms with E-state index in [1.54, 1.807) is 0 Å². The summed E-state index contributed by atoms with van der Waals surface area (Å²) < 4.78 is 5.44. The predicted octanol–water partition coefficient (Wildman–Crippen LogP) is 5.13. The zero-order valence-electron chi connectivity index (χ0n) is 15.4. The van der Waals surface area contributed by atoms with Gasteiger partial charge in [-0.1, -0.05) is 0 Å². The van der Waals surface area contributed by atoms with Crippen molar-refractivity contribution < 1.29 is 4.74 Å². The lowest BCUT2D eigenvalue weighted by Gasteiger charge is -2.27. The molecule has 5 heteroatoms. The van der Waals surface area contributed by atoms with E-state index in [2.05, 4.69) is 48.4 Å². The molecule has 0 saturated heterocycles. The lowest BCUT2D eigenvalue weighted by atomic mass is 10.2. The molecule has 2 rings (SSSR count). The first-order valence-electron chi connectivity index (χ1n) is 8.71. The van der Waals surface area contributed by atoms with Gasteiger partial charge >= 0.3 is 0 Å². The number of hydrogen-bond acceptors (Lipinski definition) is 3. The second-order valence-corrected chi connectivity index (χ2v) is 6.37. The summed E-state index contributed by atoms with van der Waals surface area (Å²) in [6.07, 6.45) is 0. The van der Waals surface area contributed by atoms with Crippen LogP contribution in [0.1, 0.15) is 27.7 Å². The van der Waals surface area contributed by atoms with Crippen LogP contribution in [-0.4, -0.2) is 24.3 Å². The van der Waals surface area contributed by atoms with Gasteiger partial charge in [0.05, 0.1) is 6.61 Å². The Labute approximate surface area is 156 Å². The maximum atomic E-state index is 5.44. The van der Waals surface area contributed by atoms with Crippen molar-refractivity contribution in [3.63, 3.8) is 0 Å². The molecule has 0 aliphatic heterocycles. The average Bonchev–Trinajstić information content (AvgIpc) is 2.59. The standard InChI is InChI=1S/C20H27N3OS/c1-5-23(15(3)4)18-11-7-16(8-12-18)21-20(25)22-17-9-13-19(14-10-17)24-6-2/h7-15H,5-6H2,1-4H3,(H2,21,22,25). The minimum Gasteiger partial charge on any atom is -0.494 e. The Kier molecular flexibility index (Phi) is 7.07. The van der Waals surface area contributed by atoms with E-state index in [-0.39, 0.29) is 0 Å². The highest BCUT2D eigenvalue weighted by molar-refractivity contribution is 7.80. The Hall–Kier alpha value is -2.27. The van der Waals surface area contributed by atoms with Crippen molar-refractivity contribution in [2.45, 2.75) is 33.7 Å². The monoisotopic (exact) mass is 357 g/mol. The molecule has 25 heavy (non-hydrogen) atoms. The molecule has 0 unspecified atom stereocenters. The molecule has 4 nitrogen and oxygen atoms in total.